The smallest absolute Gasteiger partial charge is 0.237 e. The Balaban J connectivity index is 2.46. The highest BCUT2D eigenvalue weighted by Gasteiger charge is 2.19. The summed E-state index contributed by atoms with van der Waals surface area (Å²) in [7, 11) is 0. The van der Waals surface area contributed by atoms with Crippen LogP contribution in [-0.4, -0.2) is 48.2 Å². The number of rotatable bonds is 8. The van der Waals surface area contributed by atoms with Crippen LogP contribution in [0.1, 0.15) is 32.3 Å². The molecule has 0 aliphatic carbocycles. The third kappa shape index (κ3) is 4.94. The largest absolute Gasteiger partial charge is 0.395 e. The molecule has 4 heteroatoms. The van der Waals surface area contributed by atoms with Crippen molar-refractivity contribution in [3.8, 4) is 0 Å². The topological polar surface area (TPSA) is 52.6 Å². The summed E-state index contributed by atoms with van der Waals surface area (Å²) in [6.45, 7) is 7.96. The highest BCUT2D eigenvalue weighted by Crippen LogP contribution is 2.13. The SMILES string of the molecule is CCN(CCO)C(C)C(=O)NCC(C)c1ccccc1. The lowest BCUT2D eigenvalue weighted by atomic mass is 10.0. The average molecular weight is 278 g/mol. The minimum atomic E-state index is -0.213. The van der Waals surface area contributed by atoms with E-state index < -0.39 is 0 Å². The molecule has 2 unspecified atom stereocenters. The van der Waals surface area contributed by atoms with Gasteiger partial charge in [0.15, 0.2) is 0 Å². The molecule has 0 aliphatic heterocycles. The second-order valence-corrected chi connectivity index (χ2v) is 5.09. The van der Waals surface area contributed by atoms with E-state index in [1.807, 2.05) is 36.9 Å². The van der Waals surface area contributed by atoms with Crippen molar-refractivity contribution in [3.63, 3.8) is 0 Å². The normalized spacial score (nSPS) is 14.1. The highest BCUT2D eigenvalue weighted by molar-refractivity contribution is 5.81. The van der Waals surface area contributed by atoms with Crippen LogP contribution in [0.2, 0.25) is 0 Å². The number of benzene rings is 1. The zero-order chi connectivity index (χ0) is 15.0. The number of likely N-dealkylation sites (N-methyl/N-ethyl adjacent to an activating group) is 1. The Morgan fingerprint density at radius 1 is 1.30 bits per heavy atom. The summed E-state index contributed by atoms with van der Waals surface area (Å²) >= 11 is 0. The van der Waals surface area contributed by atoms with Gasteiger partial charge >= 0.3 is 0 Å². The Kier molecular flexibility index (Phi) is 7.26. The fourth-order valence-corrected chi connectivity index (χ4v) is 2.22. The van der Waals surface area contributed by atoms with Crippen molar-refractivity contribution in [3.05, 3.63) is 35.9 Å². The predicted molar refractivity (Wildman–Crippen MR) is 81.7 cm³/mol. The van der Waals surface area contributed by atoms with Gasteiger partial charge in [0.1, 0.15) is 0 Å². The van der Waals surface area contributed by atoms with E-state index in [-0.39, 0.29) is 18.6 Å². The van der Waals surface area contributed by atoms with Gasteiger partial charge in [0, 0.05) is 13.1 Å². The number of aliphatic hydroxyl groups is 1. The first-order chi connectivity index (χ1) is 9.60. The van der Waals surface area contributed by atoms with E-state index in [1.54, 1.807) is 0 Å². The third-order valence-corrected chi connectivity index (χ3v) is 3.67. The number of carbonyl (C=O) groups is 1. The molecule has 1 amide bonds. The van der Waals surface area contributed by atoms with Crippen LogP contribution in [0.4, 0.5) is 0 Å². The van der Waals surface area contributed by atoms with Gasteiger partial charge in [-0.05, 0) is 24.9 Å². The number of nitrogens with zero attached hydrogens (tertiary/aromatic N) is 1. The highest BCUT2D eigenvalue weighted by atomic mass is 16.3. The van der Waals surface area contributed by atoms with Gasteiger partial charge in [-0.1, -0.05) is 44.2 Å². The molecule has 0 fully saturated rings. The summed E-state index contributed by atoms with van der Waals surface area (Å²) in [5.41, 5.74) is 1.23. The predicted octanol–water partition coefficient (Wildman–Crippen LogP) is 1.61. The molecule has 0 spiro atoms. The minimum Gasteiger partial charge on any atom is -0.395 e. The van der Waals surface area contributed by atoms with Gasteiger partial charge in [0.2, 0.25) is 5.91 Å². The minimum absolute atomic E-state index is 0.0167. The van der Waals surface area contributed by atoms with Crippen LogP contribution in [0.15, 0.2) is 30.3 Å². The van der Waals surface area contributed by atoms with E-state index in [2.05, 4.69) is 24.4 Å². The molecule has 1 aromatic rings. The Morgan fingerprint density at radius 2 is 1.95 bits per heavy atom. The Labute approximate surface area is 121 Å². The zero-order valence-electron chi connectivity index (χ0n) is 12.7. The van der Waals surface area contributed by atoms with Gasteiger partial charge in [-0.2, -0.15) is 0 Å². The Hall–Kier alpha value is -1.39. The van der Waals surface area contributed by atoms with E-state index >= 15 is 0 Å². The molecule has 0 aliphatic rings. The molecule has 0 aromatic heterocycles. The lowest BCUT2D eigenvalue weighted by Gasteiger charge is -2.26. The van der Waals surface area contributed by atoms with E-state index in [0.717, 1.165) is 6.54 Å². The van der Waals surface area contributed by atoms with Crippen molar-refractivity contribution < 1.29 is 9.90 Å². The number of hydrogen-bond donors (Lipinski definition) is 2. The quantitative estimate of drug-likeness (QED) is 0.759. The lowest BCUT2D eigenvalue weighted by molar-refractivity contribution is -0.126. The molecular formula is C16H26N2O2. The fourth-order valence-electron chi connectivity index (χ4n) is 2.22. The second-order valence-electron chi connectivity index (χ2n) is 5.09. The maximum absolute atomic E-state index is 12.1. The lowest BCUT2D eigenvalue weighted by Crippen LogP contribution is -2.46. The molecule has 2 N–H and O–H groups in total. The first-order valence-electron chi connectivity index (χ1n) is 7.27. The molecule has 0 bridgehead atoms. The molecule has 0 saturated heterocycles. The van der Waals surface area contributed by atoms with Crippen LogP contribution >= 0.6 is 0 Å². The molecular weight excluding hydrogens is 252 g/mol. The van der Waals surface area contributed by atoms with Gasteiger partial charge in [-0.3, -0.25) is 9.69 Å². The van der Waals surface area contributed by atoms with Crippen molar-refractivity contribution in [2.75, 3.05) is 26.2 Å². The van der Waals surface area contributed by atoms with Crippen LogP contribution in [0.3, 0.4) is 0 Å². The van der Waals surface area contributed by atoms with Crippen molar-refractivity contribution >= 4 is 5.91 Å². The molecule has 1 rings (SSSR count). The summed E-state index contributed by atoms with van der Waals surface area (Å²) in [6.07, 6.45) is 0. The Bertz CT molecular complexity index is 395. The molecule has 0 heterocycles. The fraction of sp³-hybridized carbons (Fsp3) is 0.562. The number of nitrogens with one attached hydrogen (secondary N) is 1. The van der Waals surface area contributed by atoms with E-state index in [0.29, 0.717) is 19.0 Å². The molecule has 1 aromatic carbocycles. The molecule has 112 valence electrons. The van der Waals surface area contributed by atoms with Gasteiger partial charge in [-0.15, -0.1) is 0 Å². The van der Waals surface area contributed by atoms with Crippen molar-refractivity contribution in [2.24, 2.45) is 0 Å². The summed E-state index contributed by atoms with van der Waals surface area (Å²) in [5, 5.41) is 12.0. The van der Waals surface area contributed by atoms with E-state index in [1.165, 1.54) is 5.56 Å². The summed E-state index contributed by atoms with van der Waals surface area (Å²) in [4.78, 5) is 14.1. The number of hydrogen-bond acceptors (Lipinski definition) is 3. The van der Waals surface area contributed by atoms with Crippen LogP contribution in [-0.2, 0) is 4.79 Å². The number of amides is 1. The van der Waals surface area contributed by atoms with Crippen LogP contribution in [0, 0.1) is 0 Å². The van der Waals surface area contributed by atoms with Gasteiger partial charge in [0.05, 0.1) is 12.6 Å². The summed E-state index contributed by atoms with van der Waals surface area (Å²) < 4.78 is 0. The summed E-state index contributed by atoms with van der Waals surface area (Å²) in [6, 6.07) is 9.95. The average Bonchev–Trinajstić information content (AvgIpc) is 2.50. The van der Waals surface area contributed by atoms with Crippen molar-refractivity contribution in [1.29, 1.82) is 0 Å². The van der Waals surface area contributed by atoms with Crippen molar-refractivity contribution in [2.45, 2.75) is 32.7 Å². The Morgan fingerprint density at radius 3 is 2.50 bits per heavy atom. The maximum atomic E-state index is 12.1. The standard InChI is InChI=1S/C16H26N2O2/c1-4-18(10-11-19)14(3)16(20)17-12-13(2)15-8-6-5-7-9-15/h5-9,13-14,19H,4,10-12H2,1-3H3,(H,17,20). The third-order valence-electron chi connectivity index (χ3n) is 3.67. The van der Waals surface area contributed by atoms with Gasteiger partial charge < -0.3 is 10.4 Å². The molecule has 0 saturated carbocycles. The van der Waals surface area contributed by atoms with Crippen LogP contribution in [0.5, 0.6) is 0 Å². The molecule has 20 heavy (non-hydrogen) atoms. The van der Waals surface area contributed by atoms with E-state index in [4.69, 9.17) is 5.11 Å². The maximum Gasteiger partial charge on any atom is 0.237 e. The van der Waals surface area contributed by atoms with Gasteiger partial charge in [-0.25, -0.2) is 0 Å². The first kappa shape index (κ1) is 16.7. The summed E-state index contributed by atoms with van der Waals surface area (Å²) in [5.74, 6) is 0.309. The van der Waals surface area contributed by atoms with Gasteiger partial charge in [0.25, 0.3) is 0 Å². The van der Waals surface area contributed by atoms with Crippen molar-refractivity contribution in [1.82, 2.24) is 10.2 Å². The monoisotopic (exact) mass is 278 g/mol. The van der Waals surface area contributed by atoms with Crippen LogP contribution in [0.25, 0.3) is 0 Å². The molecule has 4 nitrogen and oxygen atoms in total. The zero-order valence-corrected chi connectivity index (χ0v) is 12.7. The number of aliphatic hydroxyl groups excluding tert-OH is 1. The second kappa shape index (κ2) is 8.72. The number of carbonyl (C=O) groups excluding carboxylic acids is 1. The first-order valence-corrected chi connectivity index (χ1v) is 7.27. The van der Waals surface area contributed by atoms with Crippen LogP contribution < -0.4 is 5.32 Å². The molecule has 0 radical (unpaired) electrons. The van der Waals surface area contributed by atoms with E-state index in [9.17, 15) is 4.79 Å². The molecule has 2 atom stereocenters.